The van der Waals surface area contributed by atoms with Crippen LogP contribution in [-0.2, 0) is 19.9 Å². The number of carbonyl (C=O) groups excluding carboxylic acids is 2. The zero-order valence-corrected chi connectivity index (χ0v) is 21.9. The van der Waals surface area contributed by atoms with E-state index in [9.17, 15) is 18.4 Å². The number of ether oxygens (including phenoxy) is 2. The average molecular weight is 552 g/mol. The number of halogens is 2. The van der Waals surface area contributed by atoms with E-state index >= 15 is 0 Å². The molecular formula is C30H31F2N3O5. The lowest BCUT2D eigenvalue weighted by Gasteiger charge is -2.41. The first kappa shape index (κ1) is 26.6. The van der Waals surface area contributed by atoms with Crippen LogP contribution in [0.3, 0.4) is 0 Å². The summed E-state index contributed by atoms with van der Waals surface area (Å²) in [6.07, 6.45) is 6.49. The van der Waals surface area contributed by atoms with Crippen LogP contribution in [0.2, 0.25) is 0 Å². The highest BCUT2D eigenvalue weighted by Crippen LogP contribution is 2.38. The number of alkyl halides is 2. The summed E-state index contributed by atoms with van der Waals surface area (Å²) >= 11 is 0. The smallest absolute Gasteiger partial charge is 0.346 e. The summed E-state index contributed by atoms with van der Waals surface area (Å²) in [5, 5.41) is 14.4. The van der Waals surface area contributed by atoms with E-state index in [1.807, 2.05) is 30.3 Å². The highest BCUT2D eigenvalue weighted by Gasteiger charge is 2.49. The molecule has 3 aromatic rings. The number of furan rings is 1. The minimum atomic E-state index is -2.89. The number of rotatable bonds is 9. The van der Waals surface area contributed by atoms with Gasteiger partial charge >= 0.3 is 6.61 Å². The predicted octanol–water partition coefficient (Wildman–Crippen LogP) is 5.30. The largest absolute Gasteiger partial charge is 0.451 e. The molecule has 0 bridgehead atoms. The molecule has 1 saturated heterocycles. The third-order valence-corrected chi connectivity index (χ3v) is 8.40. The number of amides is 2. The van der Waals surface area contributed by atoms with E-state index < -0.39 is 29.2 Å². The Labute approximate surface area is 229 Å². The number of hydrogen-bond acceptors (Lipinski definition) is 6. The summed E-state index contributed by atoms with van der Waals surface area (Å²) in [4.78, 5) is 26.7. The normalized spacial score (nSPS) is 20.5. The van der Waals surface area contributed by atoms with E-state index in [0.717, 1.165) is 48.6 Å². The van der Waals surface area contributed by atoms with Crippen LogP contribution in [0.5, 0.6) is 0 Å². The maximum Gasteiger partial charge on any atom is 0.346 e. The van der Waals surface area contributed by atoms with Crippen molar-refractivity contribution in [1.82, 2.24) is 10.6 Å². The Balaban J connectivity index is 1.20. The standard InChI is InChI=1S/C30H31F2N3O5/c31-27(32)40-30(17-38-18-30)22-8-6-19(7-9-22)20-4-5-21-15-24(39-23(21)14-20)25(36)34-29(10-2-1-3-11-29)26(37)35-28(16-33)12-13-28/h4-9,14-16,27,33H,1-3,10-13,17-18H2,(H,34,36)(H,35,37). The van der Waals surface area contributed by atoms with Gasteiger partial charge in [0.2, 0.25) is 5.91 Å². The fraction of sp³-hybridized carbons (Fsp3) is 0.433. The Bertz CT molecular complexity index is 1440. The van der Waals surface area contributed by atoms with Gasteiger partial charge in [-0.1, -0.05) is 55.7 Å². The van der Waals surface area contributed by atoms with Crippen molar-refractivity contribution in [2.45, 2.75) is 68.2 Å². The summed E-state index contributed by atoms with van der Waals surface area (Å²) in [6.45, 7) is -2.74. The number of fused-ring (bicyclic) bond motifs is 1. The van der Waals surface area contributed by atoms with E-state index in [4.69, 9.17) is 19.3 Å². The predicted molar refractivity (Wildman–Crippen MR) is 143 cm³/mol. The third kappa shape index (κ3) is 4.90. The summed E-state index contributed by atoms with van der Waals surface area (Å²) < 4.78 is 41.8. The van der Waals surface area contributed by atoms with Crippen molar-refractivity contribution in [3.05, 3.63) is 59.9 Å². The fourth-order valence-electron chi connectivity index (χ4n) is 5.68. The Morgan fingerprint density at radius 2 is 1.62 bits per heavy atom. The van der Waals surface area contributed by atoms with Gasteiger partial charge in [-0.2, -0.15) is 8.78 Å². The van der Waals surface area contributed by atoms with E-state index in [0.29, 0.717) is 24.0 Å². The molecule has 0 atom stereocenters. The van der Waals surface area contributed by atoms with Gasteiger partial charge in [-0.25, -0.2) is 0 Å². The Hall–Kier alpha value is -3.63. The van der Waals surface area contributed by atoms with Gasteiger partial charge in [0.15, 0.2) is 5.76 Å². The third-order valence-electron chi connectivity index (χ3n) is 8.40. The van der Waals surface area contributed by atoms with Gasteiger partial charge in [0.25, 0.3) is 5.91 Å². The second-order valence-electron chi connectivity index (χ2n) is 11.2. The van der Waals surface area contributed by atoms with Crippen molar-refractivity contribution in [1.29, 1.82) is 5.41 Å². The first-order chi connectivity index (χ1) is 19.3. The van der Waals surface area contributed by atoms with Gasteiger partial charge in [-0.05, 0) is 54.5 Å². The molecule has 1 aromatic heterocycles. The lowest BCUT2D eigenvalue weighted by Crippen LogP contribution is -2.61. The topological polar surface area (TPSA) is 114 Å². The number of hydrogen-bond donors (Lipinski definition) is 3. The van der Waals surface area contributed by atoms with Gasteiger partial charge < -0.3 is 29.9 Å². The molecule has 2 heterocycles. The molecule has 2 aromatic carbocycles. The molecule has 0 unspecified atom stereocenters. The number of nitrogens with one attached hydrogen (secondary N) is 3. The summed E-state index contributed by atoms with van der Waals surface area (Å²) in [6, 6.07) is 14.4. The van der Waals surface area contributed by atoms with Crippen LogP contribution in [0.4, 0.5) is 8.78 Å². The van der Waals surface area contributed by atoms with E-state index in [1.54, 1.807) is 18.2 Å². The number of benzene rings is 2. The SMILES string of the molecule is N=CC1(NC(=O)C2(NC(=O)c3cc4ccc(-c5ccc(C6(OC(F)F)COC6)cc5)cc4o3)CCCCC2)CC1. The van der Waals surface area contributed by atoms with Crippen LogP contribution in [-0.4, -0.2) is 48.9 Å². The lowest BCUT2D eigenvalue weighted by molar-refractivity contribution is -0.293. The van der Waals surface area contributed by atoms with Crippen molar-refractivity contribution >= 4 is 29.0 Å². The average Bonchev–Trinajstić information content (AvgIpc) is 3.58. The van der Waals surface area contributed by atoms with Gasteiger partial charge in [-0.3, -0.25) is 9.59 Å². The molecule has 0 radical (unpaired) electrons. The van der Waals surface area contributed by atoms with Gasteiger partial charge in [0.1, 0.15) is 16.7 Å². The summed E-state index contributed by atoms with van der Waals surface area (Å²) in [7, 11) is 0. The highest BCUT2D eigenvalue weighted by molar-refractivity contribution is 6.01. The summed E-state index contributed by atoms with van der Waals surface area (Å²) in [5.74, 6) is -0.576. The van der Waals surface area contributed by atoms with Gasteiger partial charge in [0.05, 0.1) is 18.8 Å². The van der Waals surface area contributed by atoms with Crippen molar-refractivity contribution in [3.8, 4) is 11.1 Å². The molecule has 1 aliphatic heterocycles. The van der Waals surface area contributed by atoms with Crippen LogP contribution in [0.25, 0.3) is 22.1 Å². The minimum absolute atomic E-state index is 0.0758. The molecule has 210 valence electrons. The minimum Gasteiger partial charge on any atom is -0.451 e. The van der Waals surface area contributed by atoms with Crippen molar-refractivity contribution < 1.29 is 32.3 Å². The molecule has 2 amide bonds. The molecule has 3 N–H and O–H groups in total. The molecule has 3 aliphatic rings. The van der Waals surface area contributed by atoms with Crippen molar-refractivity contribution in [2.24, 2.45) is 0 Å². The van der Waals surface area contributed by atoms with E-state index in [2.05, 4.69) is 10.6 Å². The van der Waals surface area contributed by atoms with Crippen LogP contribution in [0.15, 0.2) is 52.9 Å². The molecule has 10 heteroatoms. The molecule has 2 saturated carbocycles. The molecule has 40 heavy (non-hydrogen) atoms. The quantitative estimate of drug-likeness (QED) is 0.313. The highest BCUT2D eigenvalue weighted by atomic mass is 19.3. The van der Waals surface area contributed by atoms with Gasteiger partial charge in [-0.15, -0.1) is 0 Å². The van der Waals surface area contributed by atoms with Crippen molar-refractivity contribution in [2.75, 3.05) is 13.2 Å². The Morgan fingerprint density at radius 3 is 2.23 bits per heavy atom. The second kappa shape index (κ2) is 10.1. The zero-order valence-electron chi connectivity index (χ0n) is 21.9. The molecule has 6 rings (SSSR count). The van der Waals surface area contributed by atoms with Gasteiger partial charge in [0, 0.05) is 11.6 Å². The van der Waals surface area contributed by atoms with E-state index in [-0.39, 0.29) is 24.9 Å². The molecule has 8 nitrogen and oxygen atoms in total. The second-order valence-corrected chi connectivity index (χ2v) is 11.2. The summed E-state index contributed by atoms with van der Waals surface area (Å²) in [5.41, 5.74) is 0.0657. The lowest BCUT2D eigenvalue weighted by atomic mass is 9.80. The Kier molecular flexibility index (Phi) is 6.70. The number of carbonyl (C=O) groups is 2. The maximum absolute atomic E-state index is 13.3. The first-order valence-electron chi connectivity index (χ1n) is 13.6. The fourth-order valence-corrected chi connectivity index (χ4v) is 5.68. The van der Waals surface area contributed by atoms with Crippen LogP contribution < -0.4 is 10.6 Å². The maximum atomic E-state index is 13.3. The monoisotopic (exact) mass is 551 g/mol. The van der Waals surface area contributed by atoms with Crippen molar-refractivity contribution in [3.63, 3.8) is 0 Å². The molecular weight excluding hydrogens is 520 g/mol. The van der Waals surface area contributed by atoms with Crippen LogP contribution >= 0.6 is 0 Å². The molecule has 2 aliphatic carbocycles. The first-order valence-corrected chi connectivity index (χ1v) is 13.6. The molecule has 0 spiro atoms. The zero-order chi connectivity index (χ0) is 28.0. The Morgan fingerprint density at radius 1 is 0.925 bits per heavy atom. The molecule has 3 fully saturated rings. The van der Waals surface area contributed by atoms with Crippen LogP contribution in [0.1, 0.15) is 61.1 Å². The van der Waals surface area contributed by atoms with E-state index in [1.165, 1.54) is 6.21 Å². The van der Waals surface area contributed by atoms with Crippen LogP contribution in [0, 0.1) is 5.41 Å².